The van der Waals surface area contributed by atoms with E-state index >= 15 is 0 Å². The number of benzene rings is 1. The molecule has 1 aromatic carbocycles. The first-order valence-corrected chi connectivity index (χ1v) is 6.08. The van der Waals surface area contributed by atoms with Crippen molar-refractivity contribution in [2.24, 2.45) is 5.41 Å². The Morgan fingerprint density at radius 2 is 2.24 bits per heavy atom. The molecule has 1 saturated heterocycles. The minimum atomic E-state index is -0.510. The molecule has 1 aliphatic rings. The minimum absolute atomic E-state index is 0.268. The summed E-state index contributed by atoms with van der Waals surface area (Å²) in [6.07, 6.45) is -0.510. The van der Waals surface area contributed by atoms with Crippen LogP contribution in [0.1, 0.15) is 25.5 Å². The highest BCUT2D eigenvalue weighted by molar-refractivity contribution is 9.10. The quantitative estimate of drug-likeness (QED) is 0.863. The molecule has 5 heteroatoms. The smallest absolute Gasteiger partial charge is 0.407 e. The third kappa shape index (κ3) is 2.29. The third-order valence-electron chi connectivity index (χ3n) is 2.91. The second-order valence-corrected chi connectivity index (χ2v) is 5.63. The highest BCUT2D eigenvalue weighted by Gasteiger charge is 2.40. The van der Waals surface area contributed by atoms with Crippen LogP contribution in [0.15, 0.2) is 22.7 Å². The van der Waals surface area contributed by atoms with Crippen molar-refractivity contribution in [2.75, 3.05) is 6.61 Å². The maximum absolute atomic E-state index is 13.9. The molecule has 0 radical (unpaired) electrons. The lowest BCUT2D eigenvalue weighted by Gasteiger charge is -2.39. The van der Waals surface area contributed by atoms with Crippen molar-refractivity contribution in [3.63, 3.8) is 0 Å². The molecule has 1 amide bonds. The Labute approximate surface area is 107 Å². The van der Waals surface area contributed by atoms with Crippen LogP contribution in [0.4, 0.5) is 9.18 Å². The third-order valence-corrected chi connectivity index (χ3v) is 3.60. The van der Waals surface area contributed by atoms with Crippen molar-refractivity contribution in [1.29, 1.82) is 0 Å². The van der Waals surface area contributed by atoms with E-state index in [1.807, 2.05) is 13.8 Å². The molecule has 1 N–H and O–H groups in total. The van der Waals surface area contributed by atoms with Crippen molar-refractivity contribution >= 4 is 22.0 Å². The maximum atomic E-state index is 13.9. The molecule has 0 saturated carbocycles. The summed E-state index contributed by atoms with van der Waals surface area (Å²) >= 11 is 3.32. The average Bonchev–Trinajstić information content (AvgIpc) is 2.23. The predicted molar refractivity (Wildman–Crippen MR) is 65.1 cm³/mol. The SMILES string of the molecule is CC1(C)COC(=O)N[C@@H]1c1c(F)cccc1Br. The lowest BCUT2D eigenvalue weighted by atomic mass is 9.80. The van der Waals surface area contributed by atoms with E-state index in [1.54, 1.807) is 12.1 Å². The fourth-order valence-electron chi connectivity index (χ4n) is 1.94. The van der Waals surface area contributed by atoms with Gasteiger partial charge in [0.05, 0.1) is 6.04 Å². The number of carbonyl (C=O) groups excluding carboxylic acids is 1. The molecule has 17 heavy (non-hydrogen) atoms. The molecule has 1 heterocycles. The van der Waals surface area contributed by atoms with Crippen molar-refractivity contribution in [2.45, 2.75) is 19.9 Å². The Kier molecular flexibility index (Phi) is 3.12. The zero-order chi connectivity index (χ0) is 12.6. The number of amides is 1. The molecule has 0 unspecified atom stereocenters. The van der Waals surface area contributed by atoms with Crippen LogP contribution in [0.5, 0.6) is 0 Å². The zero-order valence-corrected chi connectivity index (χ0v) is 11.2. The number of nitrogens with one attached hydrogen (secondary N) is 1. The first kappa shape index (κ1) is 12.4. The van der Waals surface area contributed by atoms with E-state index in [2.05, 4.69) is 21.2 Å². The Morgan fingerprint density at radius 1 is 1.53 bits per heavy atom. The van der Waals surface area contributed by atoms with Gasteiger partial charge in [0.25, 0.3) is 0 Å². The largest absolute Gasteiger partial charge is 0.449 e. The lowest BCUT2D eigenvalue weighted by molar-refractivity contribution is 0.0376. The van der Waals surface area contributed by atoms with Gasteiger partial charge in [0, 0.05) is 15.5 Å². The molecule has 0 bridgehead atoms. The van der Waals surface area contributed by atoms with Crippen molar-refractivity contribution < 1.29 is 13.9 Å². The predicted octanol–water partition coefficient (Wildman–Crippen LogP) is 3.40. The van der Waals surface area contributed by atoms with Crippen LogP contribution < -0.4 is 5.32 Å². The Balaban J connectivity index is 2.46. The summed E-state index contributed by atoms with van der Waals surface area (Å²) < 4.78 is 19.5. The van der Waals surface area contributed by atoms with E-state index in [1.165, 1.54) is 6.07 Å². The van der Waals surface area contributed by atoms with Gasteiger partial charge < -0.3 is 10.1 Å². The van der Waals surface area contributed by atoms with Gasteiger partial charge >= 0.3 is 6.09 Å². The zero-order valence-electron chi connectivity index (χ0n) is 9.59. The van der Waals surface area contributed by atoms with E-state index in [4.69, 9.17) is 4.74 Å². The van der Waals surface area contributed by atoms with E-state index in [9.17, 15) is 9.18 Å². The lowest BCUT2D eigenvalue weighted by Crippen LogP contribution is -2.47. The second-order valence-electron chi connectivity index (χ2n) is 4.78. The summed E-state index contributed by atoms with van der Waals surface area (Å²) in [4.78, 5) is 11.3. The number of carbonyl (C=O) groups is 1. The highest BCUT2D eigenvalue weighted by Crippen LogP contribution is 2.40. The van der Waals surface area contributed by atoms with E-state index < -0.39 is 12.1 Å². The monoisotopic (exact) mass is 301 g/mol. The topological polar surface area (TPSA) is 38.3 Å². The molecule has 2 rings (SSSR count). The summed E-state index contributed by atoms with van der Waals surface area (Å²) in [5, 5.41) is 2.67. The number of rotatable bonds is 1. The summed E-state index contributed by atoms with van der Waals surface area (Å²) in [5.41, 5.74) is 0.104. The van der Waals surface area contributed by atoms with E-state index in [-0.39, 0.29) is 17.8 Å². The Bertz CT molecular complexity index is 442. The summed E-state index contributed by atoms with van der Waals surface area (Å²) in [6.45, 7) is 4.12. The van der Waals surface area contributed by atoms with Crippen molar-refractivity contribution in [3.05, 3.63) is 34.1 Å². The van der Waals surface area contributed by atoms with Gasteiger partial charge in [0.2, 0.25) is 0 Å². The van der Waals surface area contributed by atoms with Crippen LogP contribution in [0.25, 0.3) is 0 Å². The van der Waals surface area contributed by atoms with Crippen LogP contribution in [-0.4, -0.2) is 12.7 Å². The van der Waals surface area contributed by atoms with Gasteiger partial charge in [0.1, 0.15) is 12.4 Å². The molecule has 3 nitrogen and oxygen atoms in total. The number of hydrogen-bond donors (Lipinski definition) is 1. The number of halogens is 2. The Morgan fingerprint density at radius 3 is 2.88 bits per heavy atom. The molecule has 0 aromatic heterocycles. The average molecular weight is 302 g/mol. The van der Waals surface area contributed by atoms with E-state index in [0.717, 1.165) is 0 Å². The van der Waals surface area contributed by atoms with Crippen LogP contribution >= 0.6 is 15.9 Å². The van der Waals surface area contributed by atoms with Gasteiger partial charge in [-0.25, -0.2) is 9.18 Å². The molecule has 1 atom stereocenters. The number of alkyl carbamates (subject to hydrolysis) is 1. The maximum Gasteiger partial charge on any atom is 0.407 e. The Hall–Kier alpha value is -1.10. The van der Waals surface area contributed by atoms with Gasteiger partial charge in [-0.3, -0.25) is 0 Å². The van der Waals surface area contributed by atoms with Crippen molar-refractivity contribution in [3.8, 4) is 0 Å². The minimum Gasteiger partial charge on any atom is -0.449 e. The fourth-order valence-corrected chi connectivity index (χ4v) is 2.51. The van der Waals surface area contributed by atoms with Crippen LogP contribution in [-0.2, 0) is 4.74 Å². The van der Waals surface area contributed by atoms with Gasteiger partial charge in [-0.1, -0.05) is 35.8 Å². The summed E-state index contributed by atoms with van der Waals surface area (Å²) in [7, 11) is 0. The molecule has 1 fully saturated rings. The molecular formula is C12H13BrFNO2. The van der Waals surface area contributed by atoms with Gasteiger partial charge in [-0.2, -0.15) is 0 Å². The summed E-state index contributed by atoms with van der Waals surface area (Å²) in [6, 6.07) is 4.37. The number of cyclic esters (lactones) is 1. The summed E-state index contributed by atoms with van der Waals surface area (Å²) in [5.74, 6) is -0.334. The van der Waals surface area contributed by atoms with Crippen LogP contribution in [0.3, 0.4) is 0 Å². The first-order chi connectivity index (χ1) is 7.92. The normalized spacial score (nSPS) is 22.8. The van der Waals surface area contributed by atoms with Crippen LogP contribution in [0, 0.1) is 11.2 Å². The standard InChI is InChI=1S/C12H13BrFNO2/c1-12(2)6-17-11(16)15-10(12)9-7(13)4-3-5-8(9)14/h3-5,10H,6H2,1-2H3,(H,15,16)/t10-/m1/s1. The van der Waals surface area contributed by atoms with Gasteiger partial charge in [-0.15, -0.1) is 0 Å². The molecule has 92 valence electrons. The molecule has 1 aromatic rings. The fraction of sp³-hybridized carbons (Fsp3) is 0.417. The second kappa shape index (κ2) is 4.29. The highest BCUT2D eigenvalue weighted by atomic mass is 79.9. The molecular weight excluding hydrogens is 289 g/mol. The first-order valence-electron chi connectivity index (χ1n) is 5.29. The van der Waals surface area contributed by atoms with Crippen LogP contribution in [0.2, 0.25) is 0 Å². The number of hydrogen-bond acceptors (Lipinski definition) is 2. The number of ether oxygens (including phenoxy) is 1. The van der Waals surface area contributed by atoms with Gasteiger partial charge in [0.15, 0.2) is 0 Å². The van der Waals surface area contributed by atoms with Gasteiger partial charge in [-0.05, 0) is 12.1 Å². The van der Waals surface area contributed by atoms with E-state index in [0.29, 0.717) is 10.0 Å². The molecule has 0 spiro atoms. The molecule has 1 aliphatic heterocycles. The molecule has 0 aliphatic carbocycles. The van der Waals surface area contributed by atoms with Crippen molar-refractivity contribution in [1.82, 2.24) is 5.32 Å².